The number of benzene rings is 1. The van der Waals surface area contributed by atoms with Gasteiger partial charge in [-0.05, 0) is 24.7 Å². The van der Waals surface area contributed by atoms with E-state index >= 15 is 0 Å². The van der Waals surface area contributed by atoms with E-state index in [9.17, 15) is 4.79 Å². The zero-order chi connectivity index (χ0) is 17.8. The van der Waals surface area contributed by atoms with Crippen molar-refractivity contribution in [2.45, 2.75) is 6.92 Å². The normalized spacial score (nSPS) is 15.2. The lowest BCUT2D eigenvalue weighted by Crippen LogP contribution is -2.48. The first-order valence-corrected chi connectivity index (χ1v) is 8.88. The van der Waals surface area contributed by atoms with Crippen molar-refractivity contribution in [3.63, 3.8) is 0 Å². The Bertz CT molecular complexity index is 745. The fourth-order valence-electron chi connectivity index (χ4n) is 2.66. The number of likely N-dealkylation sites (N-methyl/N-ethyl adjacent to an activating group) is 1. The number of carbonyl (C=O) groups is 1. The van der Waals surface area contributed by atoms with Crippen molar-refractivity contribution < 1.29 is 4.79 Å². The first kappa shape index (κ1) is 17.9. The first-order valence-electron chi connectivity index (χ1n) is 8.12. The summed E-state index contributed by atoms with van der Waals surface area (Å²) in [5.74, 6) is 0.427. The van der Waals surface area contributed by atoms with Gasteiger partial charge in [-0.1, -0.05) is 30.1 Å². The van der Waals surface area contributed by atoms with E-state index in [0.29, 0.717) is 27.2 Å². The lowest BCUT2D eigenvalue weighted by Gasteiger charge is -2.33. The Morgan fingerprint density at radius 3 is 2.52 bits per heavy atom. The minimum absolute atomic E-state index is 0.0840. The molecule has 1 fully saturated rings. The van der Waals surface area contributed by atoms with Crippen LogP contribution in [0.5, 0.6) is 0 Å². The van der Waals surface area contributed by atoms with E-state index in [1.807, 2.05) is 4.90 Å². The topological polar surface area (TPSA) is 61.4 Å². The van der Waals surface area contributed by atoms with Crippen LogP contribution < -0.4 is 5.32 Å². The first-order chi connectivity index (χ1) is 12.1. The molecule has 8 heteroatoms. The van der Waals surface area contributed by atoms with Gasteiger partial charge in [0.1, 0.15) is 11.5 Å². The number of hydrogen-bond acceptors (Lipinski definition) is 5. The van der Waals surface area contributed by atoms with Crippen LogP contribution in [0.2, 0.25) is 10.0 Å². The third-order valence-corrected chi connectivity index (χ3v) is 4.72. The summed E-state index contributed by atoms with van der Waals surface area (Å²) in [5, 5.41) is 4.11. The molecule has 0 spiro atoms. The number of hydrogen-bond donors (Lipinski definition) is 1. The third kappa shape index (κ3) is 4.39. The van der Waals surface area contributed by atoms with E-state index < -0.39 is 0 Å². The molecule has 0 aliphatic carbocycles. The minimum Gasteiger partial charge on any atom is -0.338 e. The molecule has 0 bridgehead atoms. The van der Waals surface area contributed by atoms with Crippen LogP contribution in [-0.4, -0.2) is 58.4 Å². The Labute approximate surface area is 156 Å². The zero-order valence-electron chi connectivity index (χ0n) is 13.9. The van der Waals surface area contributed by atoms with Gasteiger partial charge in [-0.15, -0.1) is 0 Å². The van der Waals surface area contributed by atoms with Gasteiger partial charge in [-0.3, -0.25) is 4.79 Å². The van der Waals surface area contributed by atoms with Gasteiger partial charge < -0.3 is 15.1 Å². The van der Waals surface area contributed by atoms with Gasteiger partial charge in [0, 0.05) is 31.2 Å². The van der Waals surface area contributed by atoms with Crippen LogP contribution in [0, 0.1) is 0 Å². The summed E-state index contributed by atoms with van der Waals surface area (Å²) >= 11 is 12.0. The average molecular weight is 380 g/mol. The molecule has 25 heavy (non-hydrogen) atoms. The molecule has 0 unspecified atom stereocenters. The lowest BCUT2D eigenvalue weighted by atomic mass is 10.3. The van der Waals surface area contributed by atoms with E-state index in [1.54, 1.807) is 18.2 Å². The molecule has 1 aliphatic heterocycles. The molecule has 1 aromatic heterocycles. The van der Waals surface area contributed by atoms with E-state index in [0.717, 1.165) is 32.7 Å². The fraction of sp³-hybridized carbons (Fsp3) is 0.353. The number of halogens is 2. The van der Waals surface area contributed by atoms with Crippen molar-refractivity contribution in [2.24, 2.45) is 0 Å². The SMILES string of the molecule is CCN1CCN(C(=O)c2cnc(Nc3ccc(Cl)cc3Cl)cn2)CC1. The molecule has 0 saturated carbocycles. The summed E-state index contributed by atoms with van der Waals surface area (Å²) in [4.78, 5) is 25.1. The van der Waals surface area contributed by atoms with Crippen molar-refractivity contribution in [1.29, 1.82) is 0 Å². The molecule has 6 nitrogen and oxygen atoms in total. The number of nitrogens with one attached hydrogen (secondary N) is 1. The van der Waals surface area contributed by atoms with Crippen molar-refractivity contribution in [2.75, 3.05) is 38.0 Å². The molecule has 0 radical (unpaired) electrons. The molecule has 1 amide bonds. The largest absolute Gasteiger partial charge is 0.338 e. The van der Waals surface area contributed by atoms with Crippen LogP contribution in [-0.2, 0) is 0 Å². The molecule has 3 rings (SSSR count). The fourth-order valence-corrected chi connectivity index (χ4v) is 3.12. The van der Waals surface area contributed by atoms with Gasteiger partial charge in [0.2, 0.25) is 0 Å². The van der Waals surface area contributed by atoms with Crippen LogP contribution in [0.1, 0.15) is 17.4 Å². The summed E-state index contributed by atoms with van der Waals surface area (Å²) in [6.07, 6.45) is 3.02. The highest BCUT2D eigenvalue weighted by molar-refractivity contribution is 6.36. The third-order valence-electron chi connectivity index (χ3n) is 4.17. The number of piperazine rings is 1. The van der Waals surface area contributed by atoms with Crippen molar-refractivity contribution in [1.82, 2.24) is 19.8 Å². The summed E-state index contributed by atoms with van der Waals surface area (Å²) in [5.41, 5.74) is 1.02. The lowest BCUT2D eigenvalue weighted by molar-refractivity contribution is 0.0637. The van der Waals surface area contributed by atoms with Gasteiger partial charge in [0.05, 0.1) is 23.1 Å². The van der Waals surface area contributed by atoms with Gasteiger partial charge in [-0.2, -0.15) is 0 Å². The summed E-state index contributed by atoms with van der Waals surface area (Å²) in [7, 11) is 0. The number of carbonyl (C=O) groups excluding carboxylic acids is 1. The smallest absolute Gasteiger partial charge is 0.274 e. The second kappa shape index (κ2) is 7.99. The zero-order valence-corrected chi connectivity index (χ0v) is 15.4. The number of aromatic nitrogens is 2. The Hall–Kier alpha value is -1.89. The molecule has 1 aliphatic rings. The standard InChI is InChI=1S/C17H19Cl2N5O/c1-2-23-5-7-24(8-6-23)17(25)15-10-21-16(11-20-15)22-14-4-3-12(18)9-13(14)19/h3-4,9-11H,2,5-8H2,1H3,(H,21,22). The van der Waals surface area contributed by atoms with Gasteiger partial charge in [0.15, 0.2) is 0 Å². The molecule has 132 valence electrons. The maximum absolute atomic E-state index is 12.5. The van der Waals surface area contributed by atoms with Crippen molar-refractivity contribution in [3.05, 3.63) is 46.3 Å². The number of anilines is 2. The Morgan fingerprint density at radius 1 is 1.16 bits per heavy atom. The molecule has 1 saturated heterocycles. The minimum atomic E-state index is -0.0840. The van der Waals surface area contributed by atoms with Crippen LogP contribution in [0.3, 0.4) is 0 Å². The van der Waals surface area contributed by atoms with Gasteiger partial charge >= 0.3 is 0 Å². The number of nitrogens with zero attached hydrogens (tertiary/aromatic N) is 4. The summed E-state index contributed by atoms with van der Waals surface area (Å²) < 4.78 is 0. The average Bonchev–Trinajstić information content (AvgIpc) is 2.64. The van der Waals surface area contributed by atoms with Crippen LogP contribution in [0.15, 0.2) is 30.6 Å². The van der Waals surface area contributed by atoms with Crippen LogP contribution in [0.25, 0.3) is 0 Å². The van der Waals surface area contributed by atoms with Gasteiger partial charge in [-0.25, -0.2) is 9.97 Å². The molecule has 0 atom stereocenters. The van der Waals surface area contributed by atoms with E-state index in [1.165, 1.54) is 12.4 Å². The van der Waals surface area contributed by atoms with Crippen LogP contribution >= 0.6 is 23.2 Å². The maximum Gasteiger partial charge on any atom is 0.274 e. The Kier molecular flexibility index (Phi) is 5.73. The molecular formula is C17H19Cl2N5O. The Balaban J connectivity index is 1.64. The molecule has 1 aromatic carbocycles. The van der Waals surface area contributed by atoms with Crippen molar-refractivity contribution in [3.8, 4) is 0 Å². The molecule has 2 heterocycles. The monoisotopic (exact) mass is 379 g/mol. The summed E-state index contributed by atoms with van der Waals surface area (Å²) in [6.45, 7) is 6.36. The molecule has 2 aromatic rings. The molecular weight excluding hydrogens is 361 g/mol. The molecule has 1 N–H and O–H groups in total. The van der Waals surface area contributed by atoms with E-state index in [4.69, 9.17) is 23.2 Å². The number of rotatable bonds is 4. The maximum atomic E-state index is 12.5. The highest BCUT2D eigenvalue weighted by Crippen LogP contribution is 2.27. The van der Waals surface area contributed by atoms with Crippen LogP contribution in [0.4, 0.5) is 11.5 Å². The van der Waals surface area contributed by atoms with Crippen molar-refractivity contribution >= 4 is 40.6 Å². The quantitative estimate of drug-likeness (QED) is 0.882. The highest BCUT2D eigenvalue weighted by atomic mass is 35.5. The van der Waals surface area contributed by atoms with E-state index in [-0.39, 0.29) is 5.91 Å². The second-order valence-electron chi connectivity index (χ2n) is 5.76. The van der Waals surface area contributed by atoms with E-state index in [2.05, 4.69) is 27.1 Å². The second-order valence-corrected chi connectivity index (χ2v) is 6.61. The number of amides is 1. The Morgan fingerprint density at radius 2 is 1.92 bits per heavy atom. The summed E-state index contributed by atoms with van der Waals surface area (Å²) in [6, 6.07) is 5.14. The predicted molar refractivity (Wildman–Crippen MR) is 99.8 cm³/mol. The highest BCUT2D eigenvalue weighted by Gasteiger charge is 2.22. The predicted octanol–water partition coefficient (Wildman–Crippen LogP) is 3.30. The van der Waals surface area contributed by atoms with Gasteiger partial charge in [0.25, 0.3) is 5.91 Å².